The van der Waals surface area contributed by atoms with Crippen LogP contribution in [0.25, 0.3) is 0 Å². The van der Waals surface area contributed by atoms with Gasteiger partial charge in [0.2, 0.25) is 6.41 Å². The molecular weight excluding hydrogens is 384 g/mol. The monoisotopic (exact) mass is 418 g/mol. The Labute approximate surface area is 178 Å². The minimum absolute atomic E-state index is 0.0659. The first kappa shape index (κ1) is 24.1. The first-order valence-corrected chi connectivity index (χ1v) is 10.7. The first-order valence-electron chi connectivity index (χ1n) is 10.7. The number of nitrogens with zero attached hydrogens (tertiary/aromatic N) is 2. The van der Waals surface area contributed by atoms with Crippen LogP contribution in [0.15, 0.2) is 36.4 Å². The van der Waals surface area contributed by atoms with Crippen LogP contribution < -0.4 is 0 Å². The van der Waals surface area contributed by atoms with Crippen molar-refractivity contribution in [3.8, 4) is 0 Å². The molecule has 0 spiro atoms. The van der Waals surface area contributed by atoms with Crippen LogP contribution in [-0.2, 0) is 16.0 Å². The average molecular weight is 419 g/mol. The van der Waals surface area contributed by atoms with Crippen LogP contribution in [0, 0.1) is 0 Å². The van der Waals surface area contributed by atoms with E-state index in [4.69, 9.17) is 9.84 Å². The number of ether oxygens (including phenoxy) is 1. The third-order valence-electron chi connectivity index (χ3n) is 5.41. The minimum atomic E-state index is -0.948. The van der Waals surface area contributed by atoms with Gasteiger partial charge in [0.1, 0.15) is 0 Å². The lowest BCUT2D eigenvalue weighted by Crippen LogP contribution is -2.38. The molecule has 1 aromatic carbocycles. The zero-order valence-electron chi connectivity index (χ0n) is 17.8. The van der Waals surface area contributed by atoms with Gasteiger partial charge in [-0.15, -0.1) is 0 Å². The van der Waals surface area contributed by atoms with Crippen molar-refractivity contribution in [3.05, 3.63) is 47.5 Å². The van der Waals surface area contributed by atoms with Crippen molar-refractivity contribution in [2.45, 2.75) is 44.8 Å². The smallest absolute Gasteiger partial charge is 0.335 e. The van der Waals surface area contributed by atoms with Gasteiger partial charge in [-0.1, -0.05) is 37.6 Å². The largest absolute Gasteiger partial charge is 0.478 e. The zero-order chi connectivity index (χ0) is 21.8. The molecule has 0 aromatic heterocycles. The number of hydrogen-bond donors (Lipinski definition) is 2. The summed E-state index contributed by atoms with van der Waals surface area (Å²) < 4.78 is 5.34. The van der Waals surface area contributed by atoms with E-state index in [1.807, 2.05) is 6.08 Å². The lowest BCUT2D eigenvalue weighted by atomic mass is 10.1. The summed E-state index contributed by atoms with van der Waals surface area (Å²) in [4.78, 5) is 26.7. The number of aromatic carboxylic acids is 1. The van der Waals surface area contributed by atoms with Gasteiger partial charge in [0.25, 0.3) is 0 Å². The van der Waals surface area contributed by atoms with E-state index in [2.05, 4.69) is 11.8 Å². The van der Waals surface area contributed by atoms with Crippen molar-refractivity contribution in [2.75, 3.05) is 39.4 Å². The molecule has 2 atom stereocenters. The predicted molar refractivity (Wildman–Crippen MR) is 116 cm³/mol. The van der Waals surface area contributed by atoms with Crippen LogP contribution in [-0.4, -0.2) is 83.9 Å². The van der Waals surface area contributed by atoms with E-state index in [0.29, 0.717) is 19.4 Å². The summed E-state index contributed by atoms with van der Waals surface area (Å²) >= 11 is 0. The van der Waals surface area contributed by atoms with Crippen LogP contribution in [0.3, 0.4) is 0 Å². The molecule has 0 bridgehead atoms. The molecule has 1 heterocycles. The van der Waals surface area contributed by atoms with Gasteiger partial charge in [0.05, 0.1) is 24.9 Å². The van der Waals surface area contributed by atoms with Crippen molar-refractivity contribution < 1.29 is 24.5 Å². The summed E-state index contributed by atoms with van der Waals surface area (Å²) in [6, 6.07) is 6.66. The number of carboxylic acid groups (broad SMARTS) is 1. The number of hydrogen-bond acceptors (Lipinski definition) is 5. The van der Waals surface area contributed by atoms with Crippen molar-refractivity contribution in [3.63, 3.8) is 0 Å². The molecule has 166 valence electrons. The van der Waals surface area contributed by atoms with E-state index >= 15 is 0 Å². The SMILES string of the molecule is CCCC(/C=C/C(O)CCN1CCOCC1)N(C=O)CCc1ccc(C(=O)O)cc1. The maximum Gasteiger partial charge on any atom is 0.335 e. The number of carbonyl (C=O) groups is 2. The van der Waals surface area contributed by atoms with Gasteiger partial charge in [0, 0.05) is 32.2 Å². The van der Waals surface area contributed by atoms with Crippen molar-refractivity contribution in [1.82, 2.24) is 9.80 Å². The fraction of sp³-hybridized carbons (Fsp3) is 0.565. The van der Waals surface area contributed by atoms with Gasteiger partial charge in [-0.3, -0.25) is 9.69 Å². The standard InChI is InChI=1S/C23H34N2O5/c1-2-3-21(8-9-22(27)11-12-24-14-16-30-17-15-24)25(18-26)13-10-19-4-6-20(7-5-19)23(28)29/h4-9,18,21-22,27H,2-3,10-17H2,1H3,(H,28,29)/b9-8+. The zero-order valence-corrected chi connectivity index (χ0v) is 17.8. The lowest BCUT2D eigenvalue weighted by Gasteiger charge is -2.27. The molecule has 0 aliphatic carbocycles. The molecule has 0 radical (unpaired) electrons. The van der Waals surface area contributed by atoms with E-state index in [-0.39, 0.29) is 11.6 Å². The minimum Gasteiger partial charge on any atom is -0.478 e. The van der Waals surface area contributed by atoms with E-state index in [1.165, 1.54) is 0 Å². The number of benzene rings is 1. The summed E-state index contributed by atoms with van der Waals surface area (Å²) in [5.74, 6) is -0.948. The van der Waals surface area contributed by atoms with Gasteiger partial charge in [-0.2, -0.15) is 0 Å². The number of carbonyl (C=O) groups excluding carboxylic acids is 1. The second kappa shape index (κ2) is 13.2. The molecule has 1 amide bonds. The molecule has 1 fully saturated rings. The Kier molecular flexibility index (Phi) is 10.5. The normalized spacial score (nSPS) is 17.0. The highest BCUT2D eigenvalue weighted by atomic mass is 16.5. The number of aliphatic hydroxyl groups is 1. The molecule has 2 unspecified atom stereocenters. The van der Waals surface area contributed by atoms with E-state index in [1.54, 1.807) is 35.2 Å². The fourth-order valence-electron chi connectivity index (χ4n) is 3.53. The molecule has 30 heavy (non-hydrogen) atoms. The van der Waals surface area contributed by atoms with Crippen LogP contribution in [0.5, 0.6) is 0 Å². The first-order chi connectivity index (χ1) is 14.5. The molecule has 7 nitrogen and oxygen atoms in total. The van der Waals surface area contributed by atoms with Crippen LogP contribution in [0.4, 0.5) is 0 Å². The third kappa shape index (κ3) is 8.26. The molecule has 2 rings (SSSR count). The molecular formula is C23H34N2O5. The Morgan fingerprint density at radius 1 is 1.20 bits per heavy atom. The molecule has 7 heteroatoms. The Morgan fingerprint density at radius 2 is 1.90 bits per heavy atom. The summed E-state index contributed by atoms with van der Waals surface area (Å²) in [6.45, 7) is 6.74. The summed E-state index contributed by atoms with van der Waals surface area (Å²) in [7, 11) is 0. The highest BCUT2D eigenvalue weighted by Crippen LogP contribution is 2.12. The van der Waals surface area contributed by atoms with Gasteiger partial charge >= 0.3 is 5.97 Å². The molecule has 1 aliphatic rings. The molecule has 1 saturated heterocycles. The predicted octanol–water partition coefficient (Wildman–Crippen LogP) is 2.19. The van der Waals surface area contributed by atoms with E-state index in [9.17, 15) is 14.7 Å². The van der Waals surface area contributed by atoms with Crippen molar-refractivity contribution in [1.29, 1.82) is 0 Å². The molecule has 2 N–H and O–H groups in total. The summed E-state index contributed by atoms with van der Waals surface area (Å²) in [5, 5.41) is 19.3. The fourth-order valence-corrected chi connectivity index (χ4v) is 3.53. The third-order valence-corrected chi connectivity index (χ3v) is 5.41. The Balaban J connectivity index is 1.86. The summed E-state index contributed by atoms with van der Waals surface area (Å²) in [5.41, 5.74) is 1.24. The maximum absolute atomic E-state index is 11.7. The lowest BCUT2D eigenvalue weighted by molar-refractivity contribution is -0.119. The molecule has 0 saturated carbocycles. The summed E-state index contributed by atoms with van der Waals surface area (Å²) in [6.07, 6.45) is 7.12. The second-order valence-corrected chi connectivity index (χ2v) is 7.65. The number of aliphatic hydroxyl groups excluding tert-OH is 1. The Hall–Kier alpha value is -2.22. The van der Waals surface area contributed by atoms with E-state index in [0.717, 1.165) is 57.7 Å². The van der Waals surface area contributed by atoms with Gasteiger partial charge in [-0.05, 0) is 37.0 Å². The van der Waals surface area contributed by atoms with Gasteiger partial charge in [0.15, 0.2) is 0 Å². The number of morpholine rings is 1. The molecule has 1 aromatic rings. The number of carboxylic acids is 1. The van der Waals surface area contributed by atoms with Crippen molar-refractivity contribution in [2.24, 2.45) is 0 Å². The number of rotatable bonds is 13. The highest BCUT2D eigenvalue weighted by Gasteiger charge is 2.15. The maximum atomic E-state index is 11.7. The van der Waals surface area contributed by atoms with Crippen LogP contribution in [0.2, 0.25) is 0 Å². The number of amides is 1. The van der Waals surface area contributed by atoms with Crippen molar-refractivity contribution >= 4 is 12.4 Å². The quantitative estimate of drug-likeness (QED) is 0.377. The topological polar surface area (TPSA) is 90.3 Å². The van der Waals surface area contributed by atoms with Gasteiger partial charge in [-0.25, -0.2) is 4.79 Å². The van der Waals surface area contributed by atoms with Crippen LogP contribution in [0.1, 0.15) is 42.1 Å². The second-order valence-electron chi connectivity index (χ2n) is 7.65. The van der Waals surface area contributed by atoms with Crippen LogP contribution >= 0.6 is 0 Å². The molecule has 1 aliphatic heterocycles. The van der Waals surface area contributed by atoms with E-state index < -0.39 is 12.1 Å². The average Bonchev–Trinajstić information content (AvgIpc) is 2.77. The highest BCUT2D eigenvalue weighted by molar-refractivity contribution is 5.87. The Morgan fingerprint density at radius 3 is 2.50 bits per heavy atom. The Bertz CT molecular complexity index is 671. The van der Waals surface area contributed by atoms with Gasteiger partial charge < -0.3 is 19.8 Å².